The summed E-state index contributed by atoms with van der Waals surface area (Å²) in [6, 6.07) is 8.35. The summed E-state index contributed by atoms with van der Waals surface area (Å²) < 4.78 is 52.1. The quantitative estimate of drug-likeness (QED) is 0.772. The van der Waals surface area contributed by atoms with Gasteiger partial charge in [-0.15, -0.1) is 0 Å². The van der Waals surface area contributed by atoms with Crippen LogP contribution in [0.4, 0.5) is 17.6 Å². The summed E-state index contributed by atoms with van der Waals surface area (Å²) in [5.74, 6) is -1.07. The smallest absolute Gasteiger partial charge is 0.376 e. The van der Waals surface area contributed by atoms with Crippen molar-refractivity contribution < 1.29 is 22.7 Å². The predicted octanol–water partition coefficient (Wildman–Crippen LogP) is 3.75. The van der Waals surface area contributed by atoms with Crippen LogP contribution in [0, 0.1) is 5.82 Å². The second kappa shape index (κ2) is 3.95. The third kappa shape index (κ3) is 1.84. The lowest BCUT2D eigenvalue weighted by Crippen LogP contribution is -2.40. The Balaban J connectivity index is 2.82. The fourth-order valence-corrected chi connectivity index (χ4v) is 1.88. The van der Waals surface area contributed by atoms with Gasteiger partial charge in [0, 0.05) is 5.56 Å². The fourth-order valence-electron chi connectivity index (χ4n) is 1.88. The van der Waals surface area contributed by atoms with Crippen molar-refractivity contribution in [3.05, 3.63) is 47.8 Å². The lowest BCUT2D eigenvalue weighted by molar-refractivity contribution is -0.259. The summed E-state index contributed by atoms with van der Waals surface area (Å²) in [7, 11) is 0. The SMILES string of the molecule is CC(O)(c1c(F)ccc2ccccc12)C(F)(F)F. The molecule has 0 aliphatic carbocycles. The number of alkyl halides is 3. The molecular weight excluding hydrogens is 248 g/mol. The number of benzene rings is 2. The van der Waals surface area contributed by atoms with Crippen molar-refractivity contribution in [1.29, 1.82) is 0 Å². The van der Waals surface area contributed by atoms with Gasteiger partial charge in [0.15, 0.2) is 5.60 Å². The zero-order chi connectivity index (χ0) is 13.6. The highest BCUT2D eigenvalue weighted by Crippen LogP contribution is 2.42. The number of rotatable bonds is 1. The van der Waals surface area contributed by atoms with Crippen LogP contribution in [0.25, 0.3) is 10.8 Å². The van der Waals surface area contributed by atoms with E-state index in [0.29, 0.717) is 12.3 Å². The molecule has 0 saturated heterocycles. The first-order valence-corrected chi connectivity index (χ1v) is 5.22. The van der Waals surface area contributed by atoms with E-state index in [4.69, 9.17) is 0 Å². The monoisotopic (exact) mass is 258 g/mol. The van der Waals surface area contributed by atoms with Gasteiger partial charge in [-0.3, -0.25) is 0 Å². The number of hydrogen-bond acceptors (Lipinski definition) is 1. The standard InChI is InChI=1S/C13H10F4O/c1-12(18,13(15,16)17)11-9-5-3-2-4-8(9)6-7-10(11)14/h2-7,18H,1H3. The van der Waals surface area contributed by atoms with Crippen molar-refractivity contribution in [2.45, 2.75) is 18.7 Å². The predicted molar refractivity (Wildman–Crippen MR) is 59.5 cm³/mol. The van der Waals surface area contributed by atoms with Gasteiger partial charge in [-0.1, -0.05) is 30.3 Å². The van der Waals surface area contributed by atoms with Gasteiger partial charge < -0.3 is 5.11 Å². The van der Waals surface area contributed by atoms with Gasteiger partial charge in [0.25, 0.3) is 0 Å². The van der Waals surface area contributed by atoms with E-state index in [-0.39, 0.29) is 5.39 Å². The Morgan fingerprint density at radius 1 is 1.00 bits per heavy atom. The maximum atomic E-state index is 13.7. The molecule has 0 amide bonds. The van der Waals surface area contributed by atoms with E-state index in [2.05, 4.69) is 0 Å². The van der Waals surface area contributed by atoms with E-state index < -0.39 is 23.2 Å². The molecule has 0 heterocycles. The fraction of sp³-hybridized carbons (Fsp3) is 0.231. The molecule has 0 spiro atoms. The molecule has 0 aliphatic rings. The van der Waals surface area contributed by atoms with Gasteiger partial charge >= 0.3 is 6.18 Å². The minimum absolute atomic E-state index is 0.0554. The van der Waals surface area contributed by atoms with Crippen molar-refractivity contribution in [2.75, 3.05) is 0 Å². The summed E-state index contributed by atoms with van der Waals surface area (Å²) >= 11 is 0. The maximum absolute atomic E-state index is 13.7. The van der Waals surface area contributed by atoms with Gasteiger partial charge in [0.2, 0.25) is 0 Å². The minimum atomic E-state index is -4.95. The van der Waals surface area contributed by atoms with Crippen LogP contribution >= 0.6 is 0 Å². The molecule has 1 nitrogen and oxygen atoms in total. The summed E-state index contributed by atoms with van der Waals surface area (Å²) in [6.07, 6.45) is -4.95. The topological polar surface area (TPSA) is 20.2 Å². The molecule has 0 aliphatic heterocycles. The van der Waals surface area contributed by atoms with Crippen molar-refractivity contribution >= 4 is 10.8 Å². The maximum Gasteiger partial charge on any atom is 0.421 e. The molecule has 0 fully saturated rings. The molecular formula is C13H10F4O. The molecule has 96 valence electrons. The highest BCUT2D eigenvalue weighted by Gasteiger charge is 2.53. The van der Waals surface area contributed by atoms with Crippen LogP contribution in [-0.4, -0.2) is 11.3 Å². The molecule has 5 heteroatoms. The second-order valence-electron chi connectivity index (χ2n) is 4.21. The summed E-state index contributed by atoms with van der Waals surface area (Å²) in [5, 5.41) is 10.1. The molecule has 2 aromatic rings. The van der Waals surface area contributed by atoms with Crippen molar-refractivity contribution in [2.24, 2.45) is 0 Å². The molecule has 2 rings (SSSR count). The largest absolute Gasteiger partial charge is 0.421 e. The Morgan fingerprint density at radius 2 is 1.61 bits per heavy atom. The van der Waals surface area contributed by atoms with Crippen molar-refractivity contribution in [3.8, 4) is 0 Å². The third-order valence-corrected chi connectivity index (χ3v) is 2.92. The first-order chi connectivity index (χ1) is 8.25. The number of hydrogen-bond donors (Lipinski definition) is 1. The lowest BCUT2D eigenvalue weighted by atomic mass is 9.90. The van der Waals surface area contributed by atoms with Crippen LogP contribution in [0.15, 0.2) is 36.4 Å². The van der Waals surface area contributed by atoms with E-state index in [9.17, 15) is 22.7 Å². The average molecular weight is 258 g/mol. The van der Waals surface area contributed by atoms with Crippen LogP contribution in [-0.2, 0) is 5.60 Å². The van der Waals surface area contributed by atoms with Crippen LogP contribution in [0.5, 0.6) is 0 Å². The first kappa shape index (κ1) is 12.8. The number of aliphatic hydroxyl groups is 1. The van der Waals surface area contributed by atoms with Crippen LogP contribution in [0.3, 0.4) is 0 Å². The Bertz CT molecular complexity index is 587. The molecule has 18 heavy (non-hydrogen) atoms. The molecule has 0 aromatic heterocycles. The zero-order valence-corrected chi connectivity index (χ0v) is 9.42. The van der Waals surface area contributed by atoms with Crippen molar-refractivity contribution in [1.82, 2.24) is 0 Å². The Kier molecular flexibility index (Phi) is 2.81. The number of halogens is 4. The molecule has 1 unspecified atom stereocenters. The van der Waals surface area contributed by atoms with E-state index in [1.54, 1.807) is 12.1 Å². The van der Waals surface area contributed by atoms with Crippen molar-refractivity contribution in [3.63, 3.8) is 0 Å². The lowest BCUT2D eigenvalue weighted by Gasteiger charge is -2.28. The molecule has 2 aromatic carbocycles. The Hall–Kier alpha value is -1.62. The van der Waals surface area contributed by atoms with Gasteiger partial charge in [-0.05, 0) is 23.8 Å². The molecule has 1 atom stereocenters. The van der Waals surface area contributed by atoms with Crippen LogP contribution < -0.4 is 0 Å². The van der Waals surface area contributed by atoms with E-state index >= 15 is 0 Å². The van der Waals surface area contributed by atoms with Crippen LogP contribution in [0.2, 0.25) is 0 Å². The van der Waals surface area contributed by atoms with E-state index in [1.807, 2.05) is 0 Å². The number of fused-ring (bicyclic) bond motifs is 1. The average Bonchev–Trinajstić information content (AvgIpc) is 2.26. The van der Waals surface area contributed by atoms with Crippen LogP contribution in [0.1, 0.15) is 12.5 Å². The minimum Gasteiger partial charge on any atom is -0.376 e. The Morgan fingerprint density at radius 3 is 2.22 bits per heavy atom. The van der Waals surface area contributed by atoms with Gasteiger partial charge in [0.1, 0.15) is 5.82 Å². The summed E-state index contributed by atoms with van der Waals surface area (Å²) in [5.41, 5.74) is -3.97. The second-order valence-corrected chi connectivity index (χ2v) is 4.21. The van der Waals surface area contributed by atoms with Gasteiger partial charge in [-0.2, -0.15) is 13.2 Å². The molecule has 0 saturated carbocycles. The highest BCUT2D eigenvalue weighted by atomic mass is 19.4. The third-order valence-electron chi connectivity index (χ3n) is 2.92. The van der Waals surface area contributed by atoms with Gasteiger partial charge in [-0.25, -0.2) is 4.39 Å². The van der Waals surface area contributed by atoms with Gasteiger partial charge in [0.05, 0.1) is 0 Å². The first-order valence-electron chi connectivity index (χ1n) is 5.22. The summed E-state index contributed by atoms with van der Waals surface area (Å²) in [4.78, 5) is 0. The normalized spacial score (nSPS) is 15.7. The van der Waals surface area contributed by atoms with E-state index in [0.717, 1.165) is 6.07 Å². The molecule has 1 N–H and O–H groups in total. The molecule has 0 bridgehead atoms. The highest BCUT2D eigenvalue weighted by molar-refractivity contribution is 5.86. The Labute approximate surface area is 101 Å². The zero-order valence-electron chi connectivity index (χ0n) is 9.42. The molecule has 0 radical (unpaired) electrons. The summed E-state index contributed by atoms with van der Waals surface area (Å²) in [6.45, 7) is 0.553. The van der Waals surface area contributed by atoms with E-state index in [1.165, 1.54) is 18.2 Å².